The van der Waals surface area contributed by atoms with Crippen molar-refractivity contribution in [3.8, 4) is 33.6 Å². The van der Waals surface area contributed by atoms with E-state index in [4.69, 9.17) is 13.3 Å². The van der Waals surface area contributed by atoms with Crippen molar-refractivity contribution >= 4 is 167 Å². The molecule has 0 bridgehead atoms. The third-order valence-electron chi connectivity index (χ3n) is 23.7. The summed E-state index contributed by atoms with van der Waals surface area (Å²) in [4.78, 5) is 5.24. The lowest BCUT2D eigenvalue weighted by molar-refractivity contribution is 0.590. The number of rotatable bonds is 6. The molecule has 2 aliphatic heterocycles. The van der Waals surface area contributed by atoms with Gasteiger partial charge in [-0.05, 0) is 205 Å². The van der Waals surface area contributed by atoms with Gasteiger partial charge in [0.05, 0.1) is 49.9 Å². The van der Waals surface area contributed by atoms with Gasteiger partial charge in [0.15, 0.2) is 5.58 Å². The summed E-state index contributed by atoms with van der Waals surface area (Å²) < 4.78 is 27.0. The summed E-state index contributed by atoms with van der Waals surface area (Å²) in [5.41, 5.74) is 30.3. The summed E-state index contributed by atoms with van der Waals surface area (Å²) in [7, 11) is 0. The molecular formula is C100H81BN4O3. The van der Waals surface area contributed by atoms with Crippen LogP contribution in [0.15, 0.2) is 286 Å². The van der Waals surface area contributed by atoms with E-state index < -0.39 is 6.71 Å². The number of furan rings is 3. The molecule has 21 rings (SSSR count). The molecule has 0 fully saturated rings. The van der Waals surface area contributed by atoms with Crippen molar-refractivity contribution in [1.82, 2.24) is 9.13 Å². The Balaban J connectivity index is 0.966. The van der Waals surface area contributed by atoms with Gasteiger partial charge in [0.1, 0.15) is 27.9 Å². The van der Waals surface area contributed by atoms with E-state index in [-0.39, 0.29) is 21.7 Å². The molecular weight excluding hydrogens is 1320 g/mol. The maximum absolute atomic E-state index is 7.74. The topological polar surface area (TPSA) is 55.8 Å². The Morgan fingerprint density at radius 1 is 0.269 bits per heavy atom. The lowest BCUT2D eigenvalue weighted by Crippen LogP contribution is -2.61. The predicted molar refractivity (Wildman–Crippen MR) is 457 cm³/mol. The fourth-order valence-corrected chi connectivity index (χ4v) is 18.2. The zero-order chi connectivity index (χ0) is 73.3. The summed E-state index contributed by atoms with van der Waals surface area (Å²) in [6, 6.07) is 103. The lowest BCUT2D eigenvalue weighted by Gasteiger charge is -2.45. The van der Waals surface area contributed by atoms with Gasteiger partial charge < -0.3 is 32.2 Å². The lowest BCUT2D eigenvalue weighted by atomic mass is 9.33. The van der Waals surface area contributed by atoms with Crippen molar-refractivity contribution in [3.63, 3.8) is 0 Å². The maximum Gasteiger partial charge on any atom is 0.252 e. The molecule has 0 spiro atoms. The SMILES string of the molecule is CC(C)(C)c1ccc2c(c1)c1cc(C(C)(C)C)ccc1n2-c1ccc2c(c1)B1c3cc(-n4c5ccc(C(C)(C)C)cc5c5cc(C(C)(C)C)ccc54)ccc3N(c3c(-c4ccccc4)ccc4oc5ccccc5c34)c3c1c(cc1c3oc3ccccc31)N2c1c(-c2ccccc2)ccc2oc3ccccc3c12. The largest absolute Gasteiger partial charge is 0.456 e. The maximum atomic E-state index is 7.74. The average molecular weight is 1400 g/mol. The van der Waals surface area contributed by atoms with Gasteiger partial charge in [-0.1, -0.05) is 223 Å². The smallest absolute Gasteiger partial charge is 0.252 e. The number of fused-ring (bicyclic) bond motifs is 20. The Hall–Kier alpha value is -12.3. The van der Waals surface area contributed by atoms with Crippen LogP contribution in [-0.2, 0) is 21.7 Å². The molecule has 0 aliphatic carbocycles. The minimum absolute atomic E-state index is 0.0825. The molecule has 0 unspecified atom stereocenters. The first-order chi connectivity index (χ1) is 52.1. The fourth-order valence-electron chi connectivity index (χ4n) is 18.2. The van der Waals surface area contributed by atoms with Gasteiger partial charge in [-0.15, -0.1) is 0 Å². The molecule has 7 heterocycles. The molecule has 108 heavy (non-hydrogen) atoms. The standard InChI is InChI=1S/C100H81BN4O3/c1-97(2,3)60-35-43-78-71(51-60)72-52-61(98(4,5)6)36-44-79(72)102(78)64-39-47-82-76(55-64)101-77-56-65(103-80-45-37-62(99(7,8)9)53-73(80)74-54-63(100(10,11)12)38-46-81(74)103)40-48-83(77)105(94-67(59-27-17-14-18-28-59)42-50-89-91(94)70-31-21-24-34-87(70)107-89)95-92(101)84(57-75-68-29-19-22-32-85(68)108-96(75)95)104(82)93-66(58-25-15-13-16-26-58)41-49-88-90(93)69-30-20-23-33-86(69)106-88/h13-57H,1-12H3. The molecule has 14 aromatic carbocycles. The molecule has 0 saturated carbocycles. The molecule has 0 saturated heterocycles. The molecule has 5 aromatic heterocycles. The number of benzene rings is 14. The van der Waals surface area contributed by atoms with Crippen LogP contribution in [0.3, 0.4) is 0 Å². The zero-order valence-corrected chi connectivity index (χ0v) is 63.1. The van der Waals surface area contributed by atoms with Crippen molar-refractivity contribution in [1.29, 1.82) is 0 Å². The first kappa shape index (κ1) is 64.2. The van der Waals surface area contributed by atoms with Crippen molar-refractivity contribution in [2.24, 2.45) is 0 Å². The summed E-state index contributed by atoms with van der Waals surface area (Å²) in [6.07, 6.45) is 0. The van der Waals surface area contributed by atoms with E-state index in [0.29, 0.717) is 0 Å². The molecule has 522 valence electrons. The van der Waals surface area contributed by atoms with Crippen molar-refractivity contribution in [2.75, 3.05) is 9.80 Å². The minimum atomic E-state index is -0.424. The van der Waals surface area contributed by atoms with E-state index in [1.54, 1.807) is 0 Å². The van der Waals surface area contributed by atoms with E-state index in [1.807, 2.05) is 0 Å². The normalized spacial score (nSPS) is 13.5. The number of anilines is 6. The van der Waals surface area contributed by atoms with Crippen LogP contribution in [0.25, 0.3) is 143 Å². The highest BCUT2D eigenvalue weighted by molar-refractivity contribution is 7.00. The highest BCUT2D eigenvalue weighted by atomic mass is 16.3. The summed E-state index contributed by atoms with van der Waals surface area (Å²) in [5, 5.41) is 11.1. The minimum Gasteiger partial charge on any atom is -0.456 e. The Kier molecular flexibility index (Phi) is 13.5. The molecule has 19 aromatic rings. The van der Waals surface area contributed by atoms with Gasteiger partial charge in [-0.3, -0.25) is 0 Å². The van der Waals surface area contributed by atoms with E-state index in [1.165, 1.54) is 43.8 Å². The van der Waals surface area contributed by atoms with Crippen LogP contribution in [0.4, 0.5) is 34.1 Å². The van der Waals surface area contributed by atoms with Gasteiger partial charge >= 0.3 is 0 Å². The molecule has 0 radical (unpaired) electrons. The van der Waals surface area contributed by atoms with Gasteiger partial charge in [0.2, 0.25) is 0 Å². The van der Waals surface area contributed by atoms with E-state index in [9.17, 15) is 0 Å². The Bertz CT molecular complexity index is 6750. The third kappa shape index (κ3) is 9.41. The van der Waals surface area contributed by atoms with Crippen molar-refractivity contribution in [3.05, 3.63) is 295 Å². The summed E-state index contributed by atoms with van der Waals surface area (Å²) >= 11 is 0. The number of nitrogens with zero attached hydrogens (tertiary/aromatic N) is 4. The second-order valence-electron chi connectivity index (χ2n) is 34.4. The molecule has 0 atom stereocenters. The number of hydrogen-bond acceptors (Lipinski definition) is 5. The molecule has 8 heteroatoms. The Morgan fingerprint density at radius 2 is 0.639 bits per heavy atom. The zero-order valence-electron chi connectivity index (χ0n) is 63.1. The van der Waals surface area contributed by atoms with E-state index in [0.717, 1.165) is 172 Å². The van der Waals surface area contributed by atoms with Gasteiger partial charge in [0.25, 0.3) is 6.71 Å². The van der Waals surface area contributed by atoms with Crippen LogP contribution in [0.2, 0.25) is 0 Å². The third-order valence-corrected chi connectivity index (χ3v) is 23.7. The van der Waals surface area contributed by atoms with Gasteiger partial charge in [-0.2, -0.15) is 0 Å². The van der Waals surface area contributed by atoms with Gasteiger partial charge in [0, 0.05) is 82.7 Å². The van der Waals surface area contributed by atoms with Crippen LogP contribution >= 0.6 is 0 Å². The van der Waals surface area contributed by atoms with Crippen LogP contribution < -0.4 is 26.2 Å². The molecule has 0 amide bonds. The summed E-state index contributed by atoms with van der Waals surface area (Å²) in [6.45, 7) is 27.5. The molecule has 7 nitrogen and oxygen atoms in total. The van der Waals surface area contributed by atoms with Crippen molar-refractivity contribution < 1.29 is 13.3 Å². The Labute approximate surface area is 628 Å². The average Bonchev–Trinajstić information content (AvgIpc) is 1.52. The molecule has 2 aliphatic rings. The van der Waals surface area contributed by atoms with E-state index >= 15 is 0 Å². The van der Waals surface area contributed by atoms with Gasteiger partial charge in [-0.25, -0.2) is 0 Å². The predicted octanol–water partition coefficient (Wildman–Crippen LogP) is 26.2. The van der Waals surface area contributed by atoms with Crippen LogP contribution in [-0.4, -0.2) is 15.8 Å². The van der Waals surface area contributed by atoms with E-state index in [2.05, 4.69) is 375 Å². The fraction of sp³-hybridized carbons (Fsp3) is 0.160. The highest BCUT2D eigenvalue weighted by Gasteiger charge is 2.48. The monoisotopic (exact) mass is 1400 g/mol. The quantitative estimate of drug-likeness (QED) is 0.155. The number of para-hydroxylation sites is 3. The highest BCUT2D eigenvalue weighted by Crippen LogP contribution is 2.57. The summed E-state index contributed by atoms with van der Waals surface area (Å²) in [5.74, 6) is 0. The van der Waals surface area contributed by atoms with Crippen LogP contribution in [0.5, 0.6) is 0 Å². The number of aromatic nitrogens is 2. The molecule has 0 N–H and O–H groups in total. The second-order valence-corrected chi connectivity index (χ2v) is 34.4. The van der Waals surface area contributed by atoms with Crippen LogP contribution in [0.1, 0.15) is 105 Å². The van der Waals surface area contributed by atoms with Crippen molar-refractivity contribution in [2.45, 2.75) is 105 Å². The first-order valence-corrected chi connectivity index (χ1v) is 38.2. The van der Waals surface area contributed by atoms with Crippen LogP contribution in [0, 0.1) is 0 Å². The Morgan fingerprint density at radius 3 is 1.06 bits per heavy atom. The second kappa shape index (κ2) is 22.6. The number of hydrogen-bond donors (Lipinski definition) is 0. The first-order valence-electron chi connectivity index (χ1n) is 38.2.